The zero-order valence-electron chi connectivity index (χ0n) is 8.50. The Balaban J connectivity index is 1.91. The molecule has 1 fully saturated rings. The molecule has 1 aromatic rings. The normalized spacial score (nSPS) is 23.9. The zero-order valence-corrected chi connectivity index (χ0v) is 10.8. The second-order valence-electron chi connectivity index (χ2n) is 3.87. The van der Waals surface area contributed by atoms with Crippen molar-refractivity contribution in [1.29, 1.82) is 0 Å². The van der Waals surface area contributed by atoms with Gasteiger partial charge in [0, 0.05) is 6.54 Å². The van der Waals surface area contributed by atoms with E-state index in [1.165, 1.54) is 19.2 Å². The van der Waals surface area contributed by atoms with Gasteiger partial charge in [-0.15, -0.1) is 0 Å². The highest BCUT2D eigenvalue weighted by Crippen LogP contribution is 2.41. The van der Waals surface area contributed by atoms with Crippen molar-refractivity contribution in [3.05, 3.63) is 16.0 Å². The van der Waals surface area contributed by atoms with E-state index in [9.17, 15) is 0 Å². The van der Waals surface area contributed by atoms with Gasteiger partial charge in [-0.2, -0.15) is 0 Å². The number of nitrogens with zero attached hydrogens (tertiary/aromatic N) is 2. The Hall–Kier alpha value is -0.350. The highest BCUT2D eigenvalue weighted by atomic mass is 79.9. The van der Waals surface area contributed by atoms with Gasteiger partial charge in [-0.3, -0.25) is 0 Å². The summed E-state index contributed by atoms with van der Waals surface area (Å²) in [6.07, 6.45) is 4.08. The first kappa shape index (κ1) is 11.1. The molecular formula is C10H13BrClN3. The van der Waals surface area contributed by atoms with E-state index in [2.05, 4.69) is 38.1 Å². The third kappa shape index (κ3) is 2.61. The summed E-state index contributed by atoms with van der Waals surface area (Å²) in [5.41, 5.74) is 0. The van der Waals surface area contributed by atoms with Crippen molar-refractivity contribution in [2.24, 2.45) is 11.8 Å². The molecule has 1 aromatic heterocycles. The number of anilines is 1. The van der Waals surface area contributed by atoms with E-state index in [4.69, 9.17) is 11.6 Å². The van der Waals surface area contributed by atoms with Crippen molar-refractivity contribution in [3.8, 4) is 0 Å². The van der Waals surface area contributed by atoms with Crippen LogP contribution in [0.3, 0.4) is 0 Å². The number of halogens is 2. The fraction of sp³-hybridized carbons (Fsp3) is 0.600. The summed E-state index contributed by atoms with van der Waals surface area (Å²) in [5.74, 6) is 2.49. The molecule has 5 heteroatoms. The van der Waals surface area contributed by atoms with E-state index in [0.29, 0.717) is 5.15 Å². The largest absolute Gasteiger partial charge is 0.369 e. The Bertz CT molecular complexity index is 359. The molecule has 15 heavy (non-hydrogen) atoms. The Morgan fingerprint density at radius 2 is 2.33 bits per heavy atom. The van der Waals surface area contributed by atoms with Gasteiger partial charge >= 0.3 is 0 Å². The van der Waals surface area contributed by atoms with E-state index in [-0.39, 0.29) is 0 Å². The van der Waals surface area contributed by atoms with Crippen LogP contribution in [0.1, 0.15) is 19.8 Å². The minimum Gasteiger partial charge on any atom is -0.369 e. The second-order valence-corrected chi connectivity index (χ2v) is 5.02. The third-order valence-electron chi connectivity index (χ3n) is 2.87. The molecule has 0 aromatic carbocycles. The lowest BCUT2D eigenvalue weighted by Gasteiger charge is -2.06. The smallest absolute Gasteiger partial charge is 0.148 e. The predicted molar refractivity (Wildman–Crippen MR) is 65.1 cm³/mol. The van der Waals surface area contributed by atoms with Gasteiger partial charge in [0.1, 0.15) is 17.3 Å². The van der Waals surface area contributed by atoms with Crippen LogP contribution in [0, 0.1) is 11.8 Å². The van der Waals surface area contributed by atoms with Crippen LogP contribution in [0.15, 0.2) is 10.8 Å². The lowest BCUT2D eigenvalue weighted by atomic mass is 10.2. The zero-order chi connectivity index (χ0) is 10.8. The Labute approximate surface area is 103 Å². The van der Waals surface area contributed by atoms with Crippen molar-refractivity contribution >= 4 is 33.3 Å². The summed E-state index contributed by atoms with van der Waals surface area (Å²) in [7, 11) is 0. The monoisotopic (exact) mass is 289 g/mol. The van der Waals surface area contributed by atoms with Crippen LogP contribution in [-0.2, 0) is 0 Å². The maximum absolute atomic E-state index is 5.86. The topological polar surface area (TPSA) is 37.8 Å². The molecule has 0 radical (unpaired) electrons. The fourth-order valence-corrected chi connectivity index (χ4v) is 2.24. The molecule has 0 saturated heterocycles. The van der Waals surface area contributed by atoms with Gasteiger partial charge in [0.25, 0.3) is 0 Å². The summed E-state index contributed by atoms with van der Waals surface area (Å²) in [6, 6.07) is 0. The molecule has 1 aliphatic carbocycles. The molecule has 2 rings (SSSR count). The molecule has 0 bridgehead atoms. The van der Waals surface area contributed by atoms with Crippen molar-refractivity contribution < 1.29 is 0 Å². The average molecular weight is 291 g/mol. The van der Waals surface area contributed by atoms with Gasteiger partial charge in [-0.1, -0.05) is 24.9 Å². The summed E-state index contributed by atoms with van der Waals surface area (Å²) < 4.78 is 0.750. The molecule has 0 spiro atoms. The summed E-state index contributed by atoms with van der Waals surface area (Å²) in [4.78, 5) is 8.02. The van der Waals surface area contributed by atoms with Crippen LogP contribution < -0.4 is 5.32 Å². The van der Waals surface area contributed by atoms with Crippen molar-refractivity contribution in [1.82, 2.24) is 9.97 Å². The predicted octanol–water partition coefficient (Wildman–Crippen LogP) is 3.35. The first-order valence-electron chi connectivity index (χ1n) is 5.12. The summed E-state index contributed by atoms with van der Waals surface area (Å²) in [5, 5.41) is 3.75. The highest BCUT2D eigenvalue weighted by molar-refractivity contribution is 9.10. The lowest BCUT2D eigenvalue weighted by molar-refractivity contribution is 0.700. The molecule has 0 amide bonds. The quantitative estimate of drug-likeness (QED) is 0.864. The number of rotatable bonds is 4. The Kier molecular flexibility index (Phi) is 3.46. The van der Waals surface area contributed by atoms with Gasteiger partial charge in [0.15, 0.2) is 0 Å². The first-order valence-corrected chi connectivity index (χ1v) is 6.29. The molecule has 1 aliphatic rings. The minimum absolute atomic E-state index is 0.454. The molecule has 1 heterocycles. The van der Waals surface area contributed by atoms with Crippen molar-refractivity contribution in [2.45, 2.75) is 19.8 Å². The summed E-state index contributed by atoms with van der Waals surface area (Å²) >= 11 is 9.23. The third-order valence-corrected chi connectivity index (χ3v) is 4.14. The van der Waals surface area contributed by atoms with Gasteiger partial charge in [-0.05, 0) is 34.2 Å². The van der Waals surface area contributed by atoms with Crippen LogP contribution in [-0.4, -0.2) is 16.5 Å². The standard InChI is InChI=1S/C10H13BrClN3/c1-2-6-3-7(6)4-13-10-8(11)9(12)14-5-15-10/h5-7H,2-4H2,1H3,(H,13,14,15)/t6-,7+/m1/s1. The van der Waals surface area contributed by atoms with E-state index in [1.54, 1.807) is 0 Å². The lowest BCUT2D eigenvalue weighted by Crippen LogP contribution is -2.07. The van der Waals surface area contributed by atoms with Crippen molar-refractivity contribution in [2.75, 3.05) is 11.9 Å². The van der Waals surface area contributed by atoms with Gasteiger partial charge in [0.05, 0.1) is 4.47 Å². The van der Waals surface area contributed by atoms with E-state index < -0.39 is 0 Å². The van der Waals surface area contributed by atoms with Crippen LogP contribution in [0.4, 0.5) is 5.82 Å². The summed E-state index contributed by atoms with van der Waals surface area (Å²) in [6.45, 7) is 3.21. The minimum atomic E-state index is 0.454. The van der Waals surface area contributed by atoms with Gasteiger partial charge in [0.2, 0.25) is 0 Å². The van der Waals surface area contributed by atoms with Gasteiger partial charge < -0.3 is 5.32 Å². The fourth-order valence-electron chi connectivity index (χ4n) is 1.76. The SMILES string of the molecule is CC[C@@H]1C[C@H]1CNc1ncnc(Cl)c1Br. The van der Waals surface area contributed by atoms with Crippen LogP contribution in [0.25, 0.3) is 0 Å². The molecule has 1 saturated carbocycles. The average Bonchev–Trinajstić information content (AvgIpc) is 2.99. The van der Waals surface area contributed by atoms with Gasteiger partial charge in [-0.25, -0.2) is 9.97 Å². The second kappa shape index (κ2) is 4.66. The molecule has 3 nitrogen and oxygen atoms in total. The van der Waals surface area contributed by atoms with E-state index in [1.807, 2.05) is 0 Å². The maximum Gasteiger partial charge on any atom is 0.148 e. The molecule has 0 unspecified atom stereocenters. The van der Waals surface area contributed by atoms with E-state index in [0.717, 1.165) is 28.7 Å². The first-order chi connectivity index (χ1) is 7.22. The van der Waals surface area contributed by atoms with Crippen LogP contribution >= 0.6 is 27.5 Å². The van der Waals surface area contributed by atoms with Crippen molar-refractivity contribution in [3.63, 3.8) is 0 Å². The number of nitrogens with one attached hydrogen (secondary N) is 1. The van der Waals surface area contributed by atoms with Crippen LogP contribution in [0.2, 0.25) is 5.15 Å². The van der Waals surface area contributed by atoms with E-state index >= 15 is 0 Å². The Morgan fingerprint density at radius 1 is 1.53 bits per heavy atom. The highest BCUT2D eigenvalue weighted by Gasteiger charge is 2.34. The Morgan fingerprint density at radius 3 is 3.00 bits per heavy atom. The number of hydrogen-bond acceptors (Lipinski definition) is 3. The molecule has 1 N–H and O–H groups in total. The molecule has 0 aliphatic heterocycles. The molecule has 2 atom stereocenters. The number of hydrogen-bond donors (Lipinski definition) is 1. The molecule has 82 valence electrons. The van der Waals surface area contributed by atoms with Crippen LogP contribution in [0.5, 0.6) is 0 Å². The maximum atomic E-state index is 5.86. The molecular weight excluding hydrogens is 277 g/mol. The number of aromatic nitrogens is 2.